The van der Waals surface area contributed by atoms with Gasteiger partial charge in [-0.25, -0.2) is 0 Å². The van der Waals surface area contributed by atoms with Gasteiger partial charge in [-0.15, -0.1) is 0 Å². The maximum absolute atomic E-state index is 3.62. The van der Waals surface area contributed by atoms with Crippen LogP contribution in [0.5, 0.6) is 0 Å². The Hall–Kier alpha value is -0.0800. The second-order valence-electron chi connectivity index (χ2n) is 4.60. The first-order chi connectivity index (χ1) is 6.83. The Labute approximate surface area is 88.8 Å². The molecule has 2 N–H and O–H groups in total. The Morgan fingerprint density at radius 2 is 2.29 bits per heavy atom. The van der Waals surface area contributed by atoms with E-state index < -0.39 is 0 Å². The molecule has 1 fully saturated rings. The van der Waals surface area contributed by atoms with E-state index in [2.05, 4.69) is 24.5 Å². The molecule has 2 heteroatoms. The summed E-state index contributed by atoms with van der Waals surface area (Å²) in [4.78, 5) is 0. The van der Waals surface area contributed by atoms with Gasteiger partial charge in [0.15, 0.2) is 0 Å². The first kappa shape index (κ1) is 12.0. The van der Waals surface area contributed by atoms with Gasteiger partial charge in [-0.2, -0.15) is 0 Å². The molecule has 0 aromatic carbocycles. The van der Waals surface area contributed by atoms with Crippen molar-refractivity contribution in [3.8, 4) is 0 Å². The van der Waals surface area contributed by atoms with E-state index in [9.17, 15) is 0 Å². The predicted octanol–water partition coefficient (Wildman–Crippen LogP) is 2.30. The van der Waals surface area contributed by atoms with E-state index in [4.69, 9.17) is 0 Å². The van der Waals surface area contributed by atoms with Crippen LogP contribution in [0.4, 0.5) is 0 Å². The molecule has 84 valence electrons. The molecule has 0 amide bonds. The molecule has 0 radical (unpaired) electrons. The lowest BCUT2D eigenvalue weighted by molar-refractivity contribution is 0.363. The summed E-state index contributed by atoms with van der Waals surface area (Å²) in [6.07, 6.45) is 8.11. The molecule has 0 bridgehead atoms. The highest BCUT2D eigenvalue weighted by Crippen LogP contribution is 2.06. The van der Waals surface area contributed by atoms with Gasteiger partial charge in [-0.3, -0.25) is 0 Å². The molecule has 2 unspecified atom stereocenters. The van der Waals surface area contributed by atoms with Gasteiger partial charge in [-0.1, -0.05) is 26.2 Å². The summed E-state index contributed by atoms with van der Waals surface area (Å²) < 4.78 is 0. The van der Waals surface area contributed by atoms with E-state index in [1.54, 1.807) is 0 Å². The van der Waals surface area contributed by atoms with Gasteiger partial charge in [0, 0.05) is 18.6 Å². The maximum Gasteiger partial charge on any atom is 0.0192 e. The van der Waals surface area contributed by atoms with E-state index in [1.165, 1.54) is 45.1 Å². The molecule has 0 saturated carbocycles. The first-order valence-electron chi connectivity index (χ1n) is 6.29. The molecule has 0 spiro atoms. The van der Waals surface area contributed by atoms with Crippen LogP contribution in [0.1, 0.15) is 52.4 Å². The fraction of sp³-hybridized carbons (Fsp3) is 1.00. The lowest BCUT2D eigenvalue weighted by Crippen LogP contribution is -2.44. The Morgan fingerprint density at radius 1 is 1.43 bits per heavy atom. The third-order valence-corrected chi connectivity index (χ3v) is 3.12. The zero-order valence-corrected chi connectivity index (χ0v) is 9.81. The molecule has 1 aliphatic rings. The number of rotatable bonds is 6. The second-order valence-corrected chi connectivity index (χ2v) is 4.60. The van der Waals surface area contributed by atoms with Crippen LogP contribution in [0.2, 0.25) is 0 Å². The summed E-state index contributed by atoms with van der Waals surface area (Å²) in [5, 5.41) is 7.19. The number of hydrogen-bond acceptors (Lipinski definition) is 2. The first-order valence-corrected chi connectivity index (χ1v) is 6.29. The van der Waals surface area contributed by atoms with E-state index in [1.807, 2.05) is 0 Å². The summed E-state index contributed by atoms with van der Waals surface area (Å²) in [7, 11) is 0. The van der Waals surface area contributed by atoms with Crippen molar-refractivity contribution in [2.75, 3.05) is 13.1 Å². The second kappa shape index (κ2) is 7.24. The van der Waals surface area contributed by atoms with Gasteiger partial charge in [0.2, 0.25) is 0 Å². The number of nitrogens with one attached hydrogen (secondary N) is 2. The van der Waals surface area contributed by atoms with Crippen molar-refractivity contribution in [1.29, 1.82) is 0 Å². The zero-order valence-electron chi connectivity index (χ0n) is 9.81. The Morgan fingerprint density at radius 3 is 2.93 bits per heavy atom. The molecule has 1 rings (SSSR count). The van der Waals surface area contributed by atoms with Crippen LogP contribution in [0, 0.1) is 0 Å². The third-order valence-electron chi connectivity index (χ3n) is 3.12. The van der Waals surface area contributed by atoms with Gasteiger partial charge >= 0.3 is 0 Å². The molecular formula is C12H26N2. The summed E-state index contributed by atoms with van der Waals surface area (Å²) in [6, 6.07) is 1.42. The predicted molar refractivity (Wildman–Crippen MR) is 62.6 cm³/mol. The molecule has 0 aromatic heterocycles. The molecule has 1 saturated heterocycles. The fourth-order valence-corrected chi connectivity index (χ4v) is 2.05. The smallest absolute Gasteiger partial charge is 0.0192 e. The molecule has 14 heavy (non-hydrogen) atoms. The molecule has 0 aliphatic carbocycles. The Balaban J connectivity index is 2.00. The molecule has 2 nitrogen and oxygen atoms in total. The summed E-state index contributed by atoms with van der Waals surface area (Å²) in [5.41, 5.74) is 0. The highest BCUT2D eigenvalue weighted by molar-refractivity contribution is 4.75. The van der Waals surface area contributed by atoms with E-state index in [0.717, 1.165) is 12.6 Å². The van der Waals surface area contributed by atoms with E-state index in [-0.39, 0.29) is 0 Å². The zero-order chi connectivity index (χ0) is 10.2. The van der Waals surface area contributed by atoms with Crippen molar-refractivity contribution >= 4 is 0 Å². The van der Waals surface area contributed by atoms with Gasteiger partial charge in [-0.05, 0) is 32.7 Å². The van der Waals surface area contributed by atoms with Crippen LogP contribution in [0.15, 0.2) is 0 Å². The maximum atomic E-state index is 3.62. The molecular weight excluding hydrogens is 172 g/mol. The Bertz CT molecular complexity index is 130. The fourth-order valence-electron chi connectivity index (χ4n) is 2.05. The third kappa shape index (κ3) is 4.97. The highest BCUT2D eigenvalue weighted by atomic mass is 15.0. The molecule has 1 heterocycles. The lowest BCUT2D eigenvalue weighted by atomic mass is 10.0. The topological polar surface area (TPSA) is 24.1 Å². The van der Waals surface area contributed by atoms with Crippen molar-refractivity contribution < 1.29 is 0 Å². The minimum Gasteiger partial charge on any atom is -0.313 e. The standard InChI is InChI=1S/C12H26N2/c1-3-4-7-11(2)14-10-12-8-5-6-9-13-12/h11-14H,3-10H2,1-2H3. The average Bonchev–Trinajstić information content (AvgIpc) is 2.25. The van der Waals surface area contributed by atoms with Crippen molar-refractivity contribution in [1.82, 2.24) is 10.6 Å². The van der Waals surface area contributed by atoms with Gasteiger partial charge in [0.05, 0.1) is 0 Å². The highest BCUT2D eigenvalue weighted by Gasteiger charge is 2.12. The lowest BCUT2D eigenvalue weighted by Gasteiger charge is -2.25. The van der Waals surface area contributed by atoms with Gasteiger partial charge < -0.3 is 10.6 Å². The van der Waals surface area contributed by atoms with Crippen molar-refractivity contribution in [3.63, 3.8) is 0 Å². The Kier molecular flexibility index (Phi) is 6.20. The van der Waals surface area contributed by atoms with Crippen LogP contribution < -0.4 is 10.6 Å². The normalized spacial score (nSPS) is 24.9. The van der Waals surface area contributed by atoms with Gasteiger partial charge in [0.25, 0.3) is 0 Å². The van der Waals surface area contributed by atoms with Crippen LogP contribution in [-0.4, -0.2) is 25.2 Å². The molecule has 1 aliphatic heterocycles. The minimum atomic E-state index is 0.693. The quantitative estimate of drug-likeness (QED) is 0.684. The van der Waals surface area contributed by atoms with E-state index >= 15 is 0 Å². The van der Waals surface area contributed by atoms with Crippen LogP contribution in [-0.2, 0) is 0 Å². The SMILES string of the molecule is CCCCC(C)NCC1CCCCN1. The number of piperidine rings is 1. The van der Waals surface area contributed by atoms with Crippen molar-refractivity contribution in [3.05, 3.63) is 0 Å². The van der Waals surface area contributed by atoms with Crippen LogP contribution >= 0.6 is 0 Å². The van der Waals surface area contributed by atoms with Crippen LogP contribution in [0.25, 0.3) is 0 Å². The van der Waals surface area contributed by atoms with Crippen molar-refractivity contribution in [2.45, 2.75) is 64.5 Å². The largest absolute Gasteiger partial charge is 0.313 e. The molecule has 2 atom stereocenters. The molecule has 0 aromatic rings. The number of unbranched alkanes of at least 4 members (excludes halogenated alkanes) is 1. The monoisotopic (exact) mass is 198 g/mol. The summed E-state index contributed by atoms with van der Waals surface area (Å²) >= 11 is 0. The van der Waals surface area contributed by atoms with Crippen LogP contribution in [0.3, 0.4) is 0 Å². The van der Waals surface area contributed by atoms with Gasteiger partial charge in [0.1, 0.15) is 0 Å². The minimum absolute atomic E-state index is 0.693. The number of hydrogen-bond donors (Lipinski definition) is 2. The average molecular weight is 198 g/mol. The summed E-state index contributed by atoms with van der Waals surface area (Å²) in [5.74, 6) is 0. The summed E-state index contributed by atoms with van der Waals surface area (Å²) in [6.45, 7) is 6.94. The van der Waals surface area contributed by atoms with Crippen molar-refractivity contribution in [2.24, 2.45) is 0 Å². The van der Waals surface area contributed by atoms with E-state index in [0.29, 0.717) is 6.04 Å².